The van der Waals surface area contributed by atoms with Crippen molar-refractivity contribution in [3.63, 3.8) is 0 Å². The number of alkyl halides is 4. The van der Waals surface area contributed by atoms with Crippen LogP contribution in [0, 0.1) is 5.82 Å². The SMILES string of the molecule is Fc1c(C(Cl)c2ccc(Cl)s2)cccc1C(F)(F)F. The Morgan fingerprint density at radius 3 is 2.32 bits per heavy atom. The van der Waals surface area contributed by atoms with Gasteiger partial charge in [-0.25, -0.2) is 4.39 Å². The lowest BCUT2D eigenvalue weighted by Gasteiger charge is -2.14. The first-order valence-corrected chi connectivity index (χ1v) is 6.68. The fourth-order valence-electron chi connectivity index (χ4n) is 1.58. The average molecular weight is 329 g/mol. The van der Waals surface area contributed by atoms with Crippen LogP contribution in [0.2, 0.25) is 4.34 Å². The van der Waals surface area contributed by atoms with Gasteiger partial charge in [0.05, 0.1) is 15.3 Å². The van der Waals surface area contributed by atoms with Crippen molar-refractivity contribution >= 4 is 34.5 Å². The van der Waals surface area contributed by atoms with Gasteiger partial charge in [-0.2, -0.15) is 13.2 Å². The van der Waals surface area contributed by atoms with E-state index in [1.807, 2.05) is 0 Å². The van der Waals surface area contributed by atoms with Crippen LogP contribution in [0.5, 0.6) is 0 Å². The smallest absolute Gasteiger partial charge is 0.206 e. The molecule has 1 heterocycles. The van der Waals surface area contributed by atoms with Crippen LogP contribution in [-0.2, 0) is 6.18 Å². The Balaban J connectivity index is 2.46. The van der Waals surface area contributed by atoms with E-state index in [1.165, 1.54) is 6.07 Å². The summed E-state index contributed by atoms with van der Waals surface area (Å²) in [6.45, 7) is 0. The molecule has 0 fully saturated rings. The Morgan fingerprint density at radius 2 is 1.79 bits per heavy atom. The van der Waals surface area contributed by atoms with Crippen molar-refractivity contribution in [2.75, 3.05) is 0 Å². The molecule has 0 aliphatic heterocycles. The second kappa shape index (κ2) is 5.31. The van der Waals surface area contributed by atoms with Crippen molar-refractivity contribution in [2.24, 2.45) is 0 Å². The van der Waals surface area contributed by atoms with Gasteiger partial charge in [-0.3, -0.25) is 0 Å². The molecule has 1 aromatic heterocycles. The summed E-state index contributed by atoms with van der Waals surface area (Å²) < 4.78 is 52.1. The van der Waals surface area contributed by atoms with E-state index >= 15 is 0 Å². The summed E-state index contributed by atoms with van der Waals surface area (Å²) in [5.74, 6) is -1.35. The normalized spacial score (nSPS) is 13.6. The zero-order chi connectivity index (χ0) is 14.2. The molecule has 2 aromatic rings. The Morgan fingerprint density at radius 1 is 1.11 bits per heavy atom. The minimum atomic E-state index is -4.75. The highest BCUT2D eigenvalue weighted by atomic mass is 35.5. The first kappa shape index (κ1) is 14.6. The van der Waals surface area contributed by atoms with E-state index in [4.69, 9.17) is 23.2 Å². The monoisotopic (exact) mass is 328 g/mol. The van der Waals surface area contributed by atoms with E-state index < -0.39 is 22.9 Å². The highest BCUT2D eigenvalue weighted by Crippen LogP contribution is 2.40. The van der Waals surface area contributed by atoms with Crippen molar-refractivity contribution in [1.29, 1.82) is 0 Å². The molecule has 0 saturated heterocycles. The highest BCUT2D eigenvalue weighted by molar-refractivity contribution is 7.16. The molecule has 1 unspecified atom stereocenters. The van der Waals surface area contributed by atoms with Crippen molar-refractivity contribution in [2.45, 2.75) is 11.6 Å². The van der Waals surface area contributed by atoms with Gasteiger partial charge in [-0.05, 0) is 18.2 Å². The molecular weight excluding hydrogens is 323 g/mol. The van der Waals surface area contributed by atoms with Gasteiger partial charge < -0.3 is 0 Å². The molecule has 0 amide bonds. The lowest BCUT2D eigenvalue weighted by molar-refractivity contribution is -0.140. The molecule has 7 heteroatoms. The van der Waals surface area contributed by atoms with E-state index in [-0.39, 0.29) is 5.56 Å². The third-order valence-corrected chi connectivity index (χ3v) is 4.35. The third-order valence-electron chi connectivity index (χ3n) is 2.45. The summed E-state index contributed by atoms with van der Waals surface area (Å²) in [6, 6.07) is 6.17. The molecule has 0 nitrogen and oxygen atoms in total. The van der Waals surface area contributed by atoms with Gasteiger partial charge in [0.25, 0.3) is 0 Å². The standard InChI is InChI=1S/C12H6Cl2F4S/c13-9-5-4-8(19-9)10(14)6-2-1-3-7(11(6)15)12(16,17)18/h1-5,10H. The Hall–Kier alpha value is -0.780. The quantitative estimate of drug-likeness (QED) is 0.476. The summed E-state index contributed by atoms with van der Waals surface area (Å²) >= 11 is 12.8. The first-order chi connectivity index (χ1) is 8.80. The maximum Gasteiger partial charge on any atom is 0.419 e. The third kappa shape index (κ3) is 3.04. The van der Waals surface area contributed by atoms with E-state index in [0.717, 1.165) is 17.4 Å². The number of thiophene rings is 1. The highest BCUT2D eigenvalue weighted by Gasteiger charge is 2.35. The van der Waals surface area contributed by atoms with Gasteiger partial charge >= 0.3 is 6.18 Å². The van der Waals surface area contributed by atoms with E-state index in [9.17, 15) is 17.6 Å². The van der Waals surface area contributed by atoms with Crippen molar-refractivity contribution < 1.29 is 17.6 Å². The topological polar surface area (TPSA) is 0 Å². The Kier molecular flexibility index (Phi) is 4.08. The molecule has 0 aliphatic rings. The average Bonchev–Trinajstić information content (AvgIpc) is 2.74. The van der Waals surface area contributed by atoms with Crippen LogP contribution in [0.4, 0.5) is 17.6 Å². The maximum atomic E-state index is 13.9. The summed E-state index contributed by atoms with van der Waals surface area (Å²) in [5.41, 5.74) is -1.53. The molecule has 1 aromatic carbocycles. The minimum absolute atomic E-state index is 0.213. The van der Waals surface area contributed by atoms with Gasteiger partial charge in [0.2, 0.25) is 0 Å². The molecule has 0 aliphatic carbocycles. The van der Waals surface area contributed by atoms with Crippen LogP contribution < -0.4 is 0 Å². The molecule has 0 N–H and O–H groups in total. The molecule has 0 spiro atoms. The van der Waals surface area contributed by atoms with E-state index in [2.05, 4.69) is 0 Å². The fraction of sp³-hybridized carbons (Fsp3) is 0.167. The van der Waals surface area contributed by atoms with Crippen LogP contribution in [0.15, 0.2) is 30.3 Å². The van der Waals surface area contributed by atoms with E-state index in [1.54, 1.807) is 12.1 Å². The predicted molar refractivity (Wildman–Crippen MR) is 68.4 cm³/mol. The van der Waals surface area contributed by atoms with Crippen LogP contribution in [0.25, 0.3) is 0 Å². The first-order valence-electron chi connectivity index (χ1n) is 5.05. The molecule has 0 radical (unpaired) electrons. The second-order valence-electron chi connectivity index (χ2n) is 3.71. The van der Waals surface area contributed by atoms with Gasteiger partial charge in [0, 0.05) is 10.4 Å². The minimum Gasteiger partial charge on any atom is -0.206 e. The van der Waals surface area contributed by atoms with Gasteiger partial charge in [0.15, 0.2) is 0 Å². The molecule has 19 heavy (non-hydrogen) atoms. The van der Waals surface area contributed by atoms with Gasteiger partial charge in [-0.1, -0.05) is 23.7 Å². The van der Waals surface area contributed by atoms with Crippen molar-refractivity contribution in [1.82, 2.24) is 0 Å². The van der Waals surface area contributed by atoms with Gasteiger partial charge in [-0.15, -0.1) is 22.9 Å². The molecule has 102 valence electrons. The number of halogens is 6. The zero-order valence-electron chi connectivity index (χ0n) is 9.14. The van der Waals surface area contributed by atoms with E-state index in [0.29, 0.717) is 15.3 Å². The maximum absolute atomic E-state index is 13.9. The summed E-state index contributed by atoms with van der Waals surface area (Å²) in [7, 11) is 0. The largest absolute Gasteiger partial charge is 0.419 e. The molecule has 1 atom stereocenters. The summed E-state index contributed by atoms with van der Waals surface area (Å²) in [5, 5.41) is -1.00. The van der Waals surface area contributed by atoms with Crippen LogP contribution in [-0.4, -0.2) is 0 Å². The Bertz CT molecular complexity index is 592. The van der Waals surface area contributed by atoms with Crippen molar-refractivity contribution in [3.8, 4) is 0 Å². The fourth-order valence-corrected chi connectivity index (χ4v) is 3.02. The number of hydrogen-bond donors (Lipinski definition) is 0. The number of benzene rings is 1. The van der Waals surface area contributed by atoms with Crippen LogP contribution in [0.3, 0.4) is 0 Å². The van der Waals surface area contributed by atoms with Crippen LogP contribution in [0.1, 0.15) is 21.4 Å². The van der Waals surface area contributed by atoms with Crippen LogP contribution >= 0.6 is 34.5 Å². The Labute approximate surface area is 120 Å². The summed E-state index contributed by atoms with van der Waals surface area (Å²) in [6.07, 6.45) is -4.75. The molecule has 0 saturated carbocycles. The molecule has 2 rings (SSSR count). The summed E-state index contributed by atoms with van der Waals surface area (Å²) in [4.78, 5) is 0.491. The lowest BCUT2D eigenvalue weighted by Crippen LogP contribution is -2.10. The van der Waals surface area contributed by atoms with Gasteiger partial charge in [0.1, 0.15) is 5.82 Å². The molecular formula is C12H6Cl2F4S. The second-order valence-corrected chi connectivity index (χ2v) is 5.89. The van der Waals surface area contributed by atoms with Crippen molar-refractivity contribution in [3.05, 3.63) is 56.5 Å². The zero-order valence-corrected chi connectivity index (χ0v) is 11.5. The lowest BCUT2D eigenvalue weighted by atomic mass is 10.1. The predicted octanol–water partition coefficient (Wildman–Crippen LogP) is 5.89. The number of hydrogen-bond acceptors (Lipinski definition) is 1. The number of rotatable bonds is 2. The molecule has 0 bridgehead atoms.